The van der Waals surface area contributed by atoms with E-state index in [-0.39, 0.29) is 17.9 Å². The number of fused-ring (bicyclic) bond motifs is 1. The van der Waals surface area contributed by atoms with Crippen LogP contribution in [0.1, 0.15) is 58.7 Å². The maximum atomic E-state index is 13.0. The molecule has 0 radical (unpaired) electrons. The number of aromatic nitrogens is 2. The van der Waals surface area contributed by atoms with Gasteiger partial charge in [-0.2, -0.15) is 0 Å². The van der Waals surface area contributed by atoms with E-state index in [1.807, 2.05) is 56.7 Å². The number of rotatable bonds is 4. The van der Waals surface area contributed by atoms with E-state index >= 15 is 0 Å². The topological polar surface area (TPSA) is 85.2 Å². The number of ether oxygens (including phenoxy) is 1. The molecule has 1 saturated carbocycles. The van der Waals surface area contributed by atoms with Crippen LogP contribution in [0.3, 0.4) is 0 Å². The van der Waals surface area contributed by atoms with Crippen molar-refractivity contribution in [3.63, 3.8) is 0 Å². The van der Waals surface area contributed by atoms with Gasteiger partial charge in [-0.25, -0.2) is 9.78 Å². The smallest absolute Gasteiger partial charge is 0.407 e. The Morgan fingerprint density at radius 1 is 1.17 bits per heavy atom. The second-order valence-corrected chi connectivity index (χ2v) is 8.79. The molecule has 1 aromatic carbocycles. The summed E-state index contributed by atoms with van der Waals surface area (Å²) in [6.45, 7) is 5.86. The molecule has 7 nitrogen and oxygen atoms in total. The van der Waals surface area contributed by atoms with Crippen LogP contribution < -0.4 is 10.6 Å². The molecule has 1 heterocycles. The second kappa shape index (κ2) is 8.84. The molecule has 2 aromatic rings. The lowest BCUT2D eigenvalue weighted by Crippen LogP contribution is -2.47. The Kier molecular flexibility index (Phi) is 6.45. The van der Waals surface area contributed by atoms with Gasteiger partial charge in [-0.15, -0.1) is 0 Å². The van der Waals surface area contributed by atoms with Crippen molar-refractivity contribution in [1.82, 2.24) is 20.2 Å². The minimum absolute atomic E-state index is 0.0417. The first kappa shape index (κ1) is 21.1. The molecule has 2 amide bonds. The van der Waals surface area contributed by atoms with Crippen LogP contribution in [0, 0.1) is 5.92 Å². The molecular formula is C22H32N4O3. The summed E-state index contributed by atoms with van der Waals surface area (Å²) in [6.07, 6.45) is 4.13. The van der Waals surface area contributed by atoms with Crippen LogP contribution in [0.25, 0.3) is 11.0 Å². The molecule has 0 unspecified atom stereocenters. The molecule has 1 aliphatic rings. The fourth-order valence-electron chi connectivity index (χ4n) is 3.90. The first-order valence-corrected chi connectivity index (χ1v) is 10.4. The summed E-state index contributed by atoms with van der Waals surface area (Å²) >= 11 is 0. The second-order valence-electron chi connectivity index (χ2n) is 8.79. The zero-order valence-corrected chi connectivity index (χ0v) is 17.8. The highest BCUT2D eigenvalue weighted by molar-refractivity contribution is 5.81. The number of carbonyl (C=O) groups excluding carboxylic acids is 2. The molecular weight excluding hydrogens is 368 g/mol. The van der Waals surface area contributed by atoms with Crippen LogP contribution in [0.4, 0.5) is 4.79 Å². The molecule has 1 fully saturated rings. The van der Waals surface area contributed by atoms with E-state index in [9.17, 15) is 9.59 Å². The van der Waals surface area contributed by atoms with E-state index in [1.165, 1.54) is 0 Å². The van der Waals surface area contributed by atoms with E-state index in [4.69, 9.17) is 4.74 Å². The standard InChI is InChI=1S/C22H32N4O3/c1-22(2,3)29-21(28)25-16-11-7-5-6-10-15(16)20(27)23-14-19-24-17-12-8-9-13-18(17)26(19)4/h8-9,12-13,15-16H,5-7,10-11,14H2,1-4H3,(H,23,27)(H,25,28)/t15-,16-/m1/s1. The maximum absolute atomic E-state index is 13.0. The normalized spacial score (nSPS) is 20.1. The van der Waals surface area contributed by atoms with Crippen LogP contribution >= 0.6 is 0 Å². The third kappa shape index (κ3) is 5.49. The predicted molar refractivity (Wildman–Crippen MR) is 112 cm³/mol. The van der Waals surface area contributed by atoms with Gasteiger partial charge in [-0.1, -0.05) is 31.4 Å². The van der Waals surface area contributed by atoms with E-state index in [0.29, 0.717) is 6.54 Å². The van der Waals surface area contributed by atoms with Gasteiger partial charge in [0.1, 0.15) is 11.4 Å². The lowest BCUT2D eigenvalue weighted by molar-refractivity contribution is -0.126. The van der Waals surface area contributed by atoms with Crippen molar-refractivity contribution in [3.05, 3.63) is 30.1 Å². The van der Waals surface area contributed by atoms with Crippen LogP contribution in [-0.4, -0.2) is 33.2 Å². The van der Waals surface area contributed by atoms with E-state index in [2.05, 4.69) is 15.6 Å². The van der Waals surface area contributed by atoms with Crippen molar-refractivity contribution in [1.29, 1.82) is 0 Å². The number of imidazole rings is 1. The molecule has 1 aliphatic carbocycles. The fraction of sp³-hybridized carbons (Fsp3) is 0.591. The number of nitrogens with zero attached hydrogens (tertiary/aromatic N) is 2. The van der Waals surface area contributed by atoms with E-state index in [1.54, 1.807) is 0 Å². The van der Waals surface area contributed by atoms with Crippen LogP contribution in [0.2, 0.25) is 0 Å². The number of aryl methyl sites for hydroxylation is 1. The van der Waals surface area contributed by atoms with Crippen molar-refractivity contribution in [3.8, 4) is 0 Å². The number of nitrogens with one attached hydrogen (secondary N) is 2. The van der Waals surface area contributed by atoms with Gasteiger partial charge in [0.15, 0.2) is 0 Å². The Morgan fingerprint density at radius 3 is 2.62 bits per heavy atom. The Bertz CT molecular complexity index is 869. The molecule has 158 valence electrons. The summed E-state index contributed by atoms with van der Waals surface area (Å²) in [7, 11) is 1.95. The van der Waals surface area contributed by atoms with E-state index < -0.39 is 11.7 Å². The summed E-state index contributed by atoms with van der Waals surface area (Å²) in [4.78, 5) is 29.9. The maximum Gasteiger partial charge on any atom is 0.407 e. The monoisotopic (exact) mass is 400 g/mol. The summed E-state index contributed by atoms with van der Waals surface area (Å²) in [5.41, 5.74) is 1.39. The Balaban J connectivity index is 1.65. The van der Waals surface area contributed by atoms with Gasteiger partial charge < -0.3 is 19.9 Å². The molecule has 0 saturated heterocycles. The first-order valence-electron chi connectivity index (χ1n) is 10.4. The highest BCUT2D eigenvalue weighted by Crippen LogP contribution is 2.24. The molecule has 7 heteroatoms. The highest BCUT2D eigenvalue weighted by atomic mass is 16.6. The van der Waals surface area contributed by atoms with Gasteiger partial charge >= 0.3 is 6.09 Å². The summed E-state index contributed by atoms with van der Waals surface area (Å²) < 4.78 is 7.39. The van der Waals surface area contributed by atoms with Gasteiger partial charge in [-0.3, -0.25) is 4.79 Å². The summed E-state index contributed by atoms with van der Waals surface area (Å²) in [5.74, 6) is 0.504. The summed E-state index contributed by atoms with van der Waals surface area (Å²) in [5, 5.41) is 5.97. The number of para-hydroxylation sites is 2. The molecule has 0 spiro atoms. The largest absolute Gasteiger partial charge is 0.444 e. The SMILES string of the molecule is Cn1c(CNC(=O)[C@@H]2CCCCC[C@H]2NC(=O)OC(C)(C)C)nc2ccccc21. The Labute approximate surface area is 172 Å². The Morgan fingerprint density at radius 2 is 1.90 bits per heavy atom. The molecule has 29 heavy (non-hydrogen) atoms. The van der Waals surface area contributed by atoms with Gasteiger partial charge in [0.2, 0.25) is 5.91 Å². The van der Waals surface area contributed by atoms with Gasteiger partial charge in [0.05, 0.1) is 23.5 Å². The number of benzene rings is 1. The number of amides is 2. The van der Waals surface area contributed by atoms with Crippen LogP contribution in [0.15, 0.2) is 24.3 Å². The average Bonchev–Trinajstić information content (AvgIpc) is 2.80. The van der Waals surface area contributed by atoms with E-state index in [0.717, 1.165) is 49.0 Å². The number of alkyl carbamates (subject to hydrolysis) is 1. The molecule has 2 N–H and O–H groups in total. The van der Waals surface area contributed by atoms with Crippen LogP contribution in [0.5, 0.6) is 0 Å². The number of hydrogen-bond acceptors (Lipinski definition) is 4. The molecule has 0 bridgehead atoms. The van der Waals surface area contributed by atoms with Crippen molar-refractivity contribution >= 4 is 23.0 Å². The Hall–Kier alpha value is -2.57. The lowest BCUT2D eigenvalue weighted by Gasteiger charge is -2.27. The highest BCUT2D eigenvalue weighted by Gasteiger charge is 2.32. The van der Waals surface area contributed by atoms with Gasteiger partial charge in [0.25, 0.3) is 0 Å². The number of carbonyl (C=O) groups is 2. The van der Waals surface area contributed by atoms with Crippen LogP contribution in [-0.2, 0) is 23.1 Å². The third-order valence-electron chi connectivity index (χ3n) is 5.36. The van der Waals surface area contributed by atoms with Crippen molar-refractivity contribution in [2.24, 2.45) is 13.0 Å². The first-order chi connectivity index (χ1) is 13.7. The molecule has 0 aliphatic heterocycles. The average molecular weight is 401 g/mol. The lowest BCUT2D eigenvalue weighted by atomic mass is 9.94. The predicted octanol–water partition coefficient (Wildman–Crippen LogP) is 3.66. The zero-order valence-electron chi connectivity index (χ0n) is 17.8. The van der Waals surface area contributed by atoms with Gasteiger partial charge in [-0.05, 0) is 45.7 Å². The quantitative estimate of drug-likeness (QED) is 0.767. The fourth-order valence-corrected chi connectivity index (χ4v) is 3.90. The minimum Gasteiger partial charge on any atom is -0.444 e. The van der Waals surface area contributed by atoms with Crippen molar-refractivity contribution in [2.45, 2.75) is 71.1 Å². The minimum atomic E-state index is -0.563. The number of hydrogen-bond donors (Lipinski definition) is 2. The molecule has 1 aromatic heterocycles. The van der Waals surface area contributed by atoms with Crippen molar-refractivity contribution in [2.75, 3.05) is 0 Å². The zero-order chi connectivity index (χ0) is 21.0. The molecule has 2 atom stereocenters. The summed E-state index contributed by atoms with van der Waals surface area (Å²) in [6, 6.07) is 7.70. The van der Waals surface area contributed by atoms with Crippen molar-refractivity contribution < 1.29 is 14.3 Å². The van der Waals surface area contributed by atoms with Gasteiger partial charge in [0, 0.05) is 13.1 Å². The third-order valence-corrected chi connectivity index (χ3v) is 5.36. The molecule has 3 rings (SSSR count).